The molecule has 0 spiro atoms. The van der Waals surface area contributed by atoms with Crippen LogP contribution < -0.4 is 10.2 Å². The number of halogens is 1. The number of nitrogens with zero attached hydrogens (tertiary/aromatic N) is 2. The van der Waals surface area contributed by atoms with Crippen molar-refractivity contribution in [3.63, 3.8) is 0 Å². The maximum atomic E-state index is 6.26. The summed E-state index contributed by atoms with van der Waals surface area (Å²) in [6.45, 7) is 10.9. The molecule has 1 unspecified atom stereocenters. The second-order valence-corrected chi connectivity index (χ2v) is 5.54. The van der Waals surface area contributed by atoms with E-state index < -0.39 is 0 Å². The van der Waals surface area contributed by atoms with Gasteiger partial charge in [0.05, 0.1) is 10.7 Å². The van der Waals surface area contributed by atoms with E-state index in [4.69, 9.17) is 11.6 Å². The minimum absolute atomic E-state index is 0.605. The highest BCUT2D eigenvalue weighted by molar-refractivity contribution is 6.33. The summed E-state index contributed by atoms with van der Waals surface area (Å²) in [5.74, 6) is 0. The van der Waals surface area contributed by atoms with Crippen LogP contribution in [0, 0.1) is 0 Å². The van der Waals surface area contributed by atoms with Crippen molar-refractivity contribution in [2.75, 3.05) is 44.2 Å². The van der Waals surface area contributed by atoms with Crippen molar-refractivity contribution >= 4 is 17.3 Å². The number of likely N-dealkylation sites (N-methyl/N-ethyl adjacent to an activating group) is 1. The summed E-state index contributed by atoms with van der Waals surface area (Å²) in [6, 6.07) is 8.73. The van der Waals surface area contributed by atoms with E-state index in [0.29, 0.717) is 6.04 Å². The SMILES string of the molecule is CCNCC(C)N1CCN(c2ccccc2Cl)CC1. The van der Waals surface area contributed by atoms with Crippen molar-refractivity contribution in [3.05, 3.63) is 29.3 Å². The van der Waals surface area contributed by atoms with Gasteiger partial charge in [0.15, 0.2) is 0 Å². The molecule has 0 saturated carbocycles. The molecule has 1 fully saturated rings. The molecule has 106 valence electrons. The van der Waals surface area contributed by atoms with E-state index >= 15 is 0 Å². The molecule has 1 saturated heterocycles. The third-order valence-electron chi connectivity index (χ3n) is 3.82. The van der Waals surface area contributed by atoms with E-state index in [9.17, 15) is 0 Å². The van der Waals surface area contributed by atoms with Gasteiger partial charge in [0, 0.05) is 38.8 Å². The Morgan fingerprint density at radius 2 is 1.89 bits per heavy atom. The van der Waals surface area contributed by atoms with E-state index in [-0.39, 0.29) is 0 Å². The molecular formula is C15H24ClN3. The molecule has 0 bridgehead atoms. The van der Waals surface area contributed by atoms with Crippen LogP contribution in [0.1, 0.15) is 13.8 Å². The van der Waals surface area contributed by atoms with E-state index in [0.717, 1.165) is 44.3 Å². The van der Waals surface area contributed by atoms with Crippen LogP contribution in [0.5, 0.6) is 0 Å². The first-order chi connectivity index (χ1) is 9.22. The van der Waals surface area contributed by atoms with Crippen LogP contribution in [-0.4, -0.2) is 50.2 Å². The number of hydrogen-bond acceptors (Lipinski definition) is 3. The number of anilines is 1. The zero-order valence-corrected chi connectivity index (χ0v) is 12.7. The maximum Gasteiger partial charge on any atom is 0.0639 e. The molecule has 2 rings (SSSR count). The van der Waals surface area contributed by atoms with Crippen molar-refractivity contribution in [1.29, 1.82) is 0 Å². The Morgan fingerprint density at radius 3 is 2.53 bits per heavy atom. The Hall–Kier alpha value is -0.770. The van der Waals surface area contributed by atoms with E-state index in [1.54, 1.807) is 0 Å². The number of para-hydroxylation sites is 1. The van der Waals surface area contributed by atoms with E-state index in [2.05, 4.69) is 41.1 Å². The van der Waals surface area contributed by atoms with Gasteiger partial charge in [-0.15, -0.1) is 0 Å². The van der Waals surface area contributed by atoms with Crippen LogP contribution in [0.4, 0.5) is 5.69 Å². The standard InChI is InChI=1S/C15H24ClN3/c1-3-17-12-13(2)18-8-10-19(11-9-18)15-7-5-4-6-14(15)16/h4-7,13,17H,3,8-12H2,1-2H3. The van der Waals surface area contributed by atoms with Crippen molar-refractivity contribution in [1.82, 2.24) is 10.2 Å². The zero-order chi connectivity index (χ0) is 13.7. The molecule has 0 aliphatic carbocycles. The number of nitrogens with one attached hydrogen (secondary N) is 1. The molecule has 0 amide bonds. The summed E-state index contributed by atoms with van der Waals surface area (Å²) in [4.78, 5) is 4.94. The van der Waals surface area contributed by atoms with Gasteiger partial charge in [-0.3, -0.25) is 4.90 Å². The van der Waals surface area contributed by atoms with Crippen LogP contribution in [-0.2, 0) is 0 Å². The first-order valence-corrected chi connectivity index (χ1v) is 7.54. The summed E-state index contributed by atoms with van der Waals surface area (Å²) in [5, 5.41) is 4.28. The minimum atomic E-state index is 0.605. The number of hydrogen-bond donors (Lipinski definition) is 1. The van der Waals surface area contributed by atoms with Crippen LogP contribution >= 0.6 is 11.6 Å². The monoisotopic (exact) mass is 281 g/mol. The predicted molar refractivity (Wildman–Crippen MR) is 83.2 cm³/mol. The molecule has 0 aromatic heterocycles. The lowest BCUT2D eigenvalue weighted by Gasteiger charge is -2.39. The number of rotatable bonds is 5. The molecule has 1 N–H and O–H groups in total. The topological polar surface area (TPSA) is 18.5 Å². The molecule has 0 radical (unpaired) electrons. The molecule has 1 aliphatic rings. The van der Waals surface area contributed by atoms with Gasteiger partial charge in [0.2, 0.25) is 0 Å². The highest BCUT2D eigenvalue weighted by atomic mass is 35.5. The van der Waals surface area contributed by atoms with Gasteiger partial charge in [-0.05, 0) is 25.6 Å². The lowest BCUT2D eigenvalue weighted by Crippen LogP contribution is -2.52. The first-order valence-electron chi connectivity index (χ1n) is 7.16. The van der Waals surface area contributed by atoms with Gasteiger partial charge in [0.25, 0.3) is 0 Å². The highest BCUT2D eigenvalue weighted by Crippen LogP contribution is 2.26. The molecule has 1 heterocycles. The molecule has 1 aliphatic heterocycles. The predicted octanol–water partition coefficient (Wildman–Crippen LogP) is 2.46. The fourth-order valence-corrected chi connectivity index (χ4v) is 2.85. The minimum Gasteiger partial charge on any atom is -0.368 e. The molecule has 1 aromatic carbocycles. The fraction of sp³-hybridized carbons (Fsp3) is 0.600. The smallest absolute Gasteiger partial charge is 0.0639 e. The van der Waals surface area contributed by atoms with Gasteiger partial charge in [-0.1, -0.05) is 30.7 Å². The lowest BCUT2D eigenvalue weighted by molar-refractivity contribution is 0.194. The Kier molecular flexibility index (Phi) is 5.49. The summed E-state index contributed by atoms with van der Waals surface area (Å²) in [5.41, 5.74) is 1.17. The third-order valence-corrected chi connectivity index (χ3v) is 4.14. The molecular weight excluding hydrogens is 258 g/mol. The Labute approximate surface area is 121 Å². The number of benzene rings is 1. The van der Waals surface area contributed by atoms with Crippen molar-refractivity contribution < 1.29 is 0 Å². The van der Waals surface area contributed by atoms with E-state index in [1.807, 2.05) is 12.1 Å². The van der Waals surface area contributed by atoms with Gasteiger partial charge in [-0.25, -0.2) is 0 Å². The second-order valence-electron chi connectivity index (χ2n) is 5.13. The van der Waals surface area contributed by atoms with Gasteiger partial charge < -0.3 is 10.2 Å². The normalized spacial score (nSPS) is 18.6. The summed E-state index contributed by atoms with van der Waals surface area (Å²) >= 11 is 6.26. The van der Waals surface area contributed by atoms with Crippen LogP contribution in [0.25, 0.3) is 0 Å². The van der Waals surface area contributed by atoms with Crippen molar-refractivity contribution in [2.24, 2.45) is 0 Å². The third kappa shape index (κ3) is 3.85. The lowest BCUT2D eigenvalue weighted by atomic mass is 10.2. The molecule has 1 aromatic rings. The summed E-state index contributed by atoms with van der Waals surface area (Å²) < 4.78 is 0. The zero-order valence-electron chi connectivity index (χ0n) is 11.9. The second kappa shape index (κ2) is 7.13. The molecule has 19 heavy (non-hydrogen) atoms. The van der Waals surface area contributed by atoms with Crippen LogP contribution in [0.3, 0.4) is 0 Å². The fourth-order valence-electron chi connectivity index (χ4n) is 2.59. The Balaban J connectivity index is 1.87. The van der Waals surface area contributed by atoms with Gasteiger partial charge in [-0.2, -0.15) is 0 Å². The average molecular weight is 282 g/mol. The van der Waals surface area contributed by atoms with Crippen molar-refractivity contribution in [2.45, 2.75) is 19.9 Å². The number of piperazine rings is 1. The largest absolute Gasteiger partial charge is 0.368 e. The van der Waals surface area contributed by atoms with Gasteiger partial charge in [0.1, 0.15) is 0 Å². The summed E-state index contributed by atoms with van der Waals surface area (Å²) in [7, 11) is 0. The highest BCUT2D eigenvalue weighted by Gasteiger charge is 2.21. The summed E-state index contributed by atoms with van der Waals surface area (Å²) in [6.07, 6.45) is 0. The Morgan fingerprint density at radius 1 is 1.21 bits per heavy atom. The first kappa shape index (κ1) is 14.6. The van der Waals surface area contributed by atoms with Crippen LogP contribution in [0.2, 0.25) is 5.02 Å². The van der Waals surface area contributed by atoms with Crippen LogP contribution in [0.15, 0.2) is 24.3 Å². The molecule has 4 heteroatoms. The van der Waals surface area contributed by atoms with E-state index in [1.165, 1.54) is 5.69 Å². The average Bonchev–Trinajstić information content (AvgIpc) is 2.45. The maximum absolute atomic E-state index is 6.26. The molecule has 3 nitrogen and oxygen atoms in total. The van der Waals surface area contributed by atoms with Gasteiger partial charge >= 0.3 is 0 Å². The van der Waals surface area contributed by atoms with Crippen molar-refractivity contribution in [3.8, 4) is 0 Å². The Bertz CT molecular complexity index is 389. The quantitative estimate of drug-likeness (QED) is 0.894. The molecule has 1 atom stereocenters.